The van der Waals surface area contributed by atoms with Gasteiger partial charge in [-0.25, -0.2) is 39.9 Å². The highest BCUT2D eigenvalue weighted by atomic mass is 32.1. The zero-order valence-corrected chi connectivity index (χ0v) is 78.6. The summed E-state index contributed by atoms with van der Waals surface area (Å²) in [5.41, 5.74) is 29.4. The molecule has 1 aliphatic heterocycles. The number of aliphatic imine (C=N–C) groups is 6. The van der Waals surface area contributed by atoms with E-state index in [2.05, 4.69) is 160 Å². The lowest BCUT2D eigenvalue weighted by Gasteiger charge is -2.26. The van der Waals surface area contributed by atoms with Crippen molar-refractivity contribution in [3.8, 4) is 24.5 Å². The van der Waals surface area contributed by atoms with Gasteiger partial charge >= 0.3 is 0 Å². The molecule has 0 atom stereocenters. The molecule has 6 aromatic carbocycles. The number of pyridine rings is 6. The van der Waals surface area contributed by atoms with Crippen molar-refractivity contribution in [1.82, 2.24) is 69.3 Å². The molecule has 664 valence electrons. The summed E-state index contributed by atoms with van der Waals surface area (Å²) in [6, 6.07) is 82.5. The number of para-hydroxylation sites is 5. The molecule has 0 bridgehead atoms. The van der Waals surface area contributed by atoms with Gasteiger partial charge in [-0.05, 0) is 211 Å². The quantitative estimate of drug-likeness (QED) is 0.0178. The van der Waals surface area contributed by atoms with Crippen molar-refractivity contribution in [2.45, 2.75) is 93.9 Å². The molecule has 19 rings (SSSR count). The first-order chi connectivity index (χ1) is 65.6. The Kier molecular flexibility index (Phi) is 34.3. The third kappa shape index (κ3) is 27.2. The number of hydrogen-bond acceptors (Lipinski definition) is 28. The van der Waals surface area contributed by atoms with Gasteiger partial charge in [-0.1, -0.05) is 103 Å². The summed E-state index contributed by atoms with van der Waals surface area (Å²) in [5.74, 6) is 3.54. The molecule has 0 unspecified atom stereocenters. The van der Waals surface area contributed by atoms with Crippen molar-refractivity contribution in [3.05, 3.63) is 372 Å². The maximum Gasteiger partial charge on any atom is 0.131 e. The topological polar surface area (TPSA) is 343 Å². The second-order valence-corrected chi connectivity index (χ2v) is 35.4. The van der Waals surface area contributed by atoms with Crippen molar-refractivity contribution in [2.75, 3.05) is 32.8 Å². The predicted octanol–water partition coefficient (Wildman–Crippen LogP) is 22.5. The largest absolute Gasteiger partial charge is 0.379 e. The molecule has 31 heteroatoms. The maximum absolute atomic E-state index is 8.91. The molecule has 1 saturated heterocycles. The van der Waals surface area contributed by atoms with Gasteiger partial charge in [0.25, 0.3) is 0 Å². The normalized spacial score (nSPS) is 12.5. The molecule has 1 aliphatic rings. The number of azide groups is 1. The van der Waals surface area contributed by atoms with Gasteiger partial charge in [-0.2, -0.15) is 10.5 Å². The van der Waals surface area contributed by atoms with Crippen LogP contribution >= 0.6 is 56.7 Å². The molecule has 18 aromatic rings. The summed E-state index contributed by atoms with van der Waals surface area (Å²) in [7, 11) is 0. The number of nitrogens with zero attached hydrogens (tertiary/aromatic N) is 25. The number of benzene rings is 6. The summed E-state index contributed by atoms with van der Waals surface area (Å²) < 4.78 is 13.4. The third-order valence-corrected chi connectivity index (χ3v) is 25.6. The van der Waals surface area contributed by atoms with Gasteiger partial charge in [0, 0.05) is 55.4 Å². The first kappa shape index (κ1) is 94.8. The van der Waals surface area contributed by atoms with Crippen molar-refractivity contribution in [2.24, 2.45) is 35.1 Å². The number of imidazole rings is 1. The number of rotatable bonds is 24. The molecule has 26 nitrogen and oxygen atoms in total. The number of thiazole rings is 5. The lowest BCUT2D eigenvalue weighted by molar-refractivity contribution is 0.0364. The smallest absolute Gasteiger partial charge is 0.131 e. The van der Waals surface area contributed by atoms with Gasteiger partial charge in [-0.15, -0.1) is 63.1 Å². The molecule has 0 radical (unpaired) electrons. The zero-order valence-electron chi connectivity index (χ0n) is 74.5. The molecule has 0 spiro atoms. The van der Waals surface area contributed by atoms with E-state index < -0.39 is 0 Å². The van der Waals surface area contributed by atoms with E-state index in [1.807, 2.05) is 242 Å². The molecule has 0 N–H and O–H groups in total. The van der Waals surface area contributed by atoms with E-state index in [0.29, 0.717) is 56.1 Å². The van der Waals surface area contributed by atoms with Crippen LogP contribution in [0.5, 0.6) is 0 Å². The number of morpholine rings is 1. The Morgan fingerprint density at radius 1 is 0.403 bits per heavy atom. The average molecular weight is 1860 g/mol. The van der Waals surface area contributed by atoms with Crippen LogP contribution < -0.4 is 0 Å². The fourth-order valence-corrected chi connectivity index (χ4v) is 17.9. The summed E-state index contributed by atoms with van der Waals surface area (Å²) in [6.45, 7) is 24.6. The number of fused-ring (bicyclic) bond motifs is 6. The first-order valence-corrected chi connectivity index (χ1v) is 46.9. The summed E-state index contributed by atoms with van der Waals surface area (Å²) in [5, 5.41) is 26.2. The Bertz CT molecular complexity index is 7220. The van der Waals surface area contributed by atoms with Crippen molar-refractivity contribution in [1.29, 1.82) is 10.5 Å². The van der Waals surface area contributed by atoms with E-state index in [0.717, 1.165) is 193 Å². The highest BCUT2D eigenvalue weighted by molar-refractivity contribution is 7.20. The van der Waals surface area contributed by atoms with E-state index in [1.165, 1.54) is 19.6 Å². The van der Waals surface area contributed by atoms with Crippen molar-refractivity contribution >= 4 is 159 Å². The minimum absolute atomic E-state index is 0.246. The summed E-state index contributed by atoms with van der Waals surface area (Å²) in [4.78, 5) is 86.6. The Balaban J connectivity index is 0.000000129. The van der Waals surface area contributed by atoms with Crippen molar-refractivity contribution in [3.63, 3.8) is 0 Å². The highest BCUT2D eigenvalue weighted by Crippen LogP contribution is 2.29. The van der Waals surface area contributed by atoms with E-state index in [9.17, 15) is 0 Å². The van der Waals surface area contributed by atoms with Crippen LogP contribution in [0, 0.1) is 35.0 Å². The van der Waals surface area contributed by atoms with Crippen LogP contribution in [0.1, 0.15) is 135 Å². The Morgan fingerprint density at radius 3 is 1.28 bits per heavy atom. The van der Waals surface area contributed by atoms with Crippen LogP contribution in [0.15, 0.2) is 303 Å². The first-order valence-electron chi connectivity index (χ1n) is 42.8. The minimum Gasteiger partial charge on any atom is -0.379 e. The highest BCUT2D eigenvalue weighted by Gasteiger charge is 2.17. The monoisotopic (exact) mass is 1850 g/mol. The van der Waals surface area contributed by atoms with Crippen molar-refractivity contribution < 1.29 is 4.74 Å². The van der Waals surface area contributed by atoms with Crippen LogP contribution in [0.2, 0.25) is 0 Å². The molecule has 13 heterocycles. The molecule has 134 heavy (non-hydrogen) atoms. The third-order valence-electron chi connectivity index (χ3n) is 20.5. The molecule has 0 saturated carbocycles. The van der Waals surface area contributed by atoms with Gasteiger partial charge in [0.1, 0.15) is 36.6 Å². The van der Waals surface area contributed by atoms with Crippen LogP contribution in [0.3, 0.4) is 0 Å². The molecule has 1 fully saturated rings. The Morgan fingerprint density at radius 2 is 0.806 bits per heavy atom. The van der Waals surface area contributed by atoms with Gasteiger partial charge in [0.2, 0.25) is 0 Å². The predicted molar refractivity (Wildman–Crippen MR) is 546 cm³/mol. The van der Waals surface area contributed by atoms with E-state index >= 15 is 0 Å². The number of aromatic nitrogens is 13. The SMILES string of the molecule is C#Cc1cccc(C(C)=NCc2nc3ccccc3s2)n1.C=Cc1cccc(C(C)=NCc2nc3ccccc3s2)n1.CC(=NCc1nc2cc(C#N)ccc2s1)c1ccccn1.CC(=NCc1nc2ccc(C#N)cc2s1)c1ccccn1.CC(=NCc1nc2ccccc2n1CCN1CCOCC1)c1ccccn1.CC(=NCc1nc2ccccc2s1)c1cccc(CN=[N+]=[N-])n1. The lowest BCUT2D eigenvalue weighted by Crippen LogP contribution is -2.38. The number of nitriles is 2. The van der Waals surface area contributed by atoms with Crippen LogP contribution in [0.4, 0.5) is 0 Å². The molecule has 0 aliphatic carbocycles. The van der Waals surface area contributed by atoms with Crippen LogP contribution in [0.25, 0.3) is 78.6 Å². The number of terminal acetylenes is 1. The van der Waals surface area contributed by atoms with Crippen LogP contribution in [-0.2, 0) is 57.1 Å². The fraction of sp³-hybridized carbons (Fsp3) is 0.184. The van der Waals surface area contributed by atoms with Crippen LogP contribution in [-0.4, -0.2) is 136 Å². The lowest BCUT2D eigenvalue weighted by atomic mass is 10.2. The van der Waals surface area contributed by atoms with Gasteiger partial charge in [-0.3, -0.25) is 54.8 Å². The summed E-state index contributed by atoms with van der Waals surface area (Å²) >= 11 is 8.19. The second-order valence-electron chi connectivity index (χ2n) is 29.8. The average Bonchev–Trinajstić information content (AvgIpc) is 1.58. The number of ether oxygens (including phenoxy) is 1. The van der Waals surface area contributed by atoms with E-state index in [1.54, 1.807) is 87.4 Å². The molecular weight excluding hydrogens is 1760 g/mol. The Hall–Kier alpha value is -15.3. The van der Waals surface area contributed by atoms with Gasteiger partial charge < -0.3 is 9.30 Å². The molecule has 0 amide bonds. The zero-order chi connectivity index (χ0) is 93.2. The standard InChI is InChI=1S/C21H25N5O.C17H15N3S.C17H13N3S.C16H14N6S.2C16H12N4S/c1-17(18-6-4-5-9-22-18)23-16-21-24-19-7-2-3-8-20(19)26(21)11-10-25-12-14-27-15-13-25;2*1-3-13-7-6-9-14(19-13)12(2)18-11-17-20-15-8-4-5-10-16(15)21-17;1-11(13-7-4-5-12(20-13)9-19-22-17)18-10-16-21-14-6-2-3-8-15(14)23-16;1-11(13-4-2-3-7-18-13)19-10-16-20-14-8-12(9-17)5-6-15(14)21-16;1-11(13-4-2-3-7-18-13)19-10-16-20-14-6-5-12(9-17)8-15(14)21-16/h2-9H,10-16H2,1H3;3-10H,1,11H2,2H3;1,4-10H,11H2,2H3;2-8H,9-10H2,1H3;2*2-8H,10H2,1H3. The molecule has 12 aromatic heterocycles. The fourth-order valence-electron chi connectivity index (χ4n) is 13.4. The Labute approximate surface area is 795 Å². The van der Waals surface area contributed by atoms with E-state index in [4.69, 9.17) is 37.2 Å². The number of hydrogen-bond donors (Lipinski definition) is 0. The van der Waals surface area contributed by atoms with Gasteiger partial charge in [0.15, 0.2) is 0 Å². The van der Waals surface area contributed by atoms with Gasteiger partial charge in [0.05, 0.1) is 219 Å². The summed E-state index contributed by atoms with van der Waals surface area (Å²) in [6.07, 6.45) is 12.4. The maximum atomic E-state index is 8.91. The second kappa shape index (κ2) is 48.5. The van der Waals surface area contributed by atoms with E-state index in [-0.39, 0.29) is 6.54 Å². The minimum atomic E-state index is 0.246. The molecular formula is C103H91N25OS5.